The monoisotopic (exact) mass is 453 g/mol. The van der Waals surface area contributed by atoms with Crippen LogP contribution in [0.1, 0.15) is 61.8 Å². The van der Waals surface area contributed by atoms with E-state index >= 15 is 0 Å². The third-order valence-corrected chi connectivity index (χ3v) is 7.36. The van der Waals surface area contributed by atoms with Crippen molar-refractivity contribution in [2.45, 2.75) is 62.8 Å². The van der Waals surface area contributed by atoms with Crippen LogP contribution in [0, 0.1) is 0 Å². The molecule has 176 valence electrons. The lowest BCUT2D eigenvalue weighted by molar-refractivity contribution is -0.157. The molecule has 0 spiro atoms. The Morgan fingerprint density at radius 1 is 1.03 bits per heavy atom. The van der Waals surface area contributed by atoms with Crippen LogP contribution in [0.15, 0.2) is 30.3 Å². The summed E-state index contributed by atoms with van der Waals surface area (Å²) in [6.07, 6.45) is 3.47. The number of esters is 1. The lowest BCUT2D eigenvalue weighted by atomic mass is 9.81. The average Bonchev–Trinajstić information content (AvgIpc) is 2.82. The van der Waals surface area contributed by atoms with Gasteiger partial charge in [0, 0.05) is 30.5 Å². The van der Waals surface area contributed by atoms with Crippen molar-refractivity contribution in [3.63, 3.8) is 0 Å². The van der Waals surface area contributed by atoms with Gasteiger partial charge in [-0.15, -0.1) is 0 Å². The molecule has 3 heterocycles. The molecule has 0 unspecified atom stereocenters. The molecule has 0 aromatic heterocycles. The maximum absolute atomic E-state index is 12.7. The van der Waals surface area contributed by atoms with E-state index in [-0.39, 0.29) is 24.3 Å². The zero-order chi connectivity index (χ0) is 23.1. The Hall–Kier alpha value is -2.77. The Kier molecular flexibility index (Phi) is 5.93. The number of hydrogen-bond acceptors (Lipinski definition) is 7. The van der Waals surface area contributed by atoms with E-state index in [0.29, 0.717) is 35.1 Å². The van der Waals surface area contributed by atoms with Gasteiger partial charge in [-0.1, -0.05) is 12.5 Å². The number of carbonyl (C=O) groups is 1. The molecular weight excluding hydrogens is 422 g/mol. The number of piperidine rings is 2. The summed E-state index contributed by atoms with van der Waals surface area (Å²) in [5, 5.41) is 21.6. The number of aliphatic hydroxyl groups is 1. The van der Waals surface area contributed by atoms with Crippen molar-refractivity contribution in [3.05, 3.63) is 41.5 Å². The van der Waals surface area contributed by atoms with Crippen molar-refractivity contribution in [1.29, 1.82) is 0 Å². The summed E-state index contributed by atoms with van der Waals surface area (Å²) in [7, 11) is 3.21. The molecule has 0 aliphatic carbocycles. The molecule has 0 amide bonds. The number of aliphatic hydroxyl groups excluding tert-OH is 1. The molecule has 2 N–H and O–H groups in total. The van der Waals surface area contributed by atoms with Crippen molar-refractivity contribution in [3.8, 4) is 28.4 Å². The second-order valence-electron chi connectivity index (χ2n) is 9.28. The largest absolute Gasteiger partial charge is 0.507 e. The molecule has 3 aliphatic heterocycles. The van der Waals surface area contributed by atoms with Crippen LogP contribution < -0.4 is 9.47 Å². The number of carbonyl (C=O) groups excluding carboxylic acids is 1. The molecule has 2 saturated heterocycles. The van der Waals surface area contributed by atoms with E-state index in [2.05, 4.69) is 4.90 Å². The Balaban J connectivity index is 1.75. The number of phenols is 1. The van der Waals surface area contributed by atoms with Gasteiger partial charge in [0.25, 0.3) is 0 Å². The van der Waals surface area contributed by atoms with Crippen LogP contribution in [-0.2, 0) is 9.53 Å². The topological polar surface area (TPSA) is 88.5 Å². The zero-order valence-electron chi connectivity index (χ0n) is 19.1. The van der Waals surface area contributed by atoms with Crippen LogP contribution in [0.3, 0.4) is 0 Å². The van der Waals surface area contributed by atoms with Crippen molar-refractivity contribution < 1.29 is 29.2 Å². The summed E-state index contributed by atoms with van der Waals surface area (Å²) >= 11 is 0. The van der Waals surface area contributed by atoms with Gasteiger partial charge in [0.1, 0.15) is 11.9 Å². The van der Waals surface area contributed by atoms with E-state index in [1.54, 1.807) is 32.4 Å². The van der Waals surface area contributed by atoms with Gasteiger partial charge in [-0.3, -0.25) is 9.69 Å². The van der Waals surface area contributed by atoms with Crippen molar-refractivity contribution in [2.75, 3.05) is 20.8 Å². The molecule has 33 heavy (non-hydrogen) atoms. The molecule has 7 heteroatoms. The van der Waals surface area contributed by atoms with Gasteiger partial charge >= 0.3 is 5.97 Å². The van der Waals surface area contributed by atoms with Crippen molar-refractivity contribution >= 4 is 5.97 Å². The van der Waals surface area contributed by atoms with Gasteiger partial charge in [0.2, 0.25) is 0 Å². The first-order chi connectivity index (χ1) is 16.0. The smallest absolute Gasteiger partial charge is 0.309 e. The number of aromatic hydroxyl groups is 1. The SMILES string of the molecule is COc1cc2c(cc1OC)[C@@H]1C[C@H](C[C@@H]3CCCCN31)OC(=O)C[C@H](O)c1ccc(O)c-2c1. The average molecular weight is 454 g/mol. The van der Waals surface area contributed by atoms with Crippen molar-refractivity contribution in [2.24, 2.45) is 0 Å². The highest BCUT2D eigenvalue weighted by atomic mass is 16.5. The summed E-state index contributed by atoms with van der Waals surface area (Å²) < 4.78 is 17.1. The van der Waals surface area contributed by atoms with E-state index in [4.69, 9.17) is 14.2 Å². The molecule has 2 fully saturated rings. The molecular formula is C26H31NO6. The number of methoxy groups -OCH3 is 2. The van der Waals surface area contributed by atoms with Crippen LogP contribution in [-0.4, -0.2) is 54.0 Å². The Morgan fingerprint density at radius 2 is 1.82 bits per heavy atom. The molecule has 4 atom stereocenters. The van der Waals surface area contributed by atoms with E-state index in [0.717, 1.165) is 43.4 Å². The number of nitrogens with zero attached hydrogens (tertiary/aromatic N) is 1. The predicted molar refractivity (Wildman–Crippen MR) is 122 cm³/mol. The van der Waals surface area contributed by atoms with Crippen LogP contribution in [0.25, 0.3) is 11.1 Å². The van der Waals surface area contributed by atoms with E-state index in [1.807, 2.05) is 12.1 Å². The molecule has 7 nitrogen and oxygen atoms in total. The number of benzene rings is 2. The van der Waals surface area contributed by atoms with E-state index in [9.17, 15) is 15.0 Å². The van der Waals surface area contributed by atoms with Gasteiger partial charge in [-0.2, -0.15) is 0 Å². The molecule has 5 rings (SSSR count). The normalized spacial score (nSPS) is 27.3. The van der Waals surface area contributed by atoms with Crippen LogP contribution in [0.4, 0.5) is 0 Å². The van der Waals surface area contributed by atoms with Crippen LogP contribution in [0.5, 0.6) is 17.2 Å². The highest BCUT2D eigenvalue weighted by Gasteiger charge is 2.41. The maximum atomic E-state index is 12.7. The minimum Gasteiger partial charge on any atom is -0.507 e. The predicted octanol–water partition coefficient (Wildman–Crippen LogP) is 4.11. The highest BCUT2D eigenvalue weighted by Crippen LogP contribution is 2.48. The number of ether oxygens (including phenoxy) is 3. The summed E-state index contributed by atoms with van der Waals surface area (Å²) in [6, 6.07) is 9.19. The summed E-state index contributed by atoms with van der Waals surface area (Å²) in [5.74, 6) is 0.911. The number of hydrogen-bond donors (Lipinski definition) is 2. The highest BCUT2D eigenvalue weighted by molar-refractivity contribution is 5.78. The van der Waals surface area contributed by atoms with Gasteiger partial charge in [0.15, 0.2) is 11.5 Å². The number of fused-ring (bicyclic) bond motifs is 9. The first-order valence-corrected chi connectivity index (χ1v) is 11.7. The lowest BCUT2D eigenvalue weighted by Gasteiger charge is -2.48. The van der Waals surface area contributed by atoms with E-state index < -0.39 is 12.1 Å². The summed E-state index contributed by atoms with van der Waals surface area (Å²) in [4.78, 5) is 15.2. The quantitative estimate of drug-likeness (QED) is 0.662. The first kappa shape index (κ1) is 22.0. The Bertz CT molecular complexity index is 1050. The standard InChI is InChI=1S/C26H31NO6/c1-31-24-12-18-19(13-25(24)32-2)21-11-17(10-16-5-3-4-8-27(16)21)33-26(30)14-23(29)15-6-7-22(28)20(18)9-15/h6-7,9,12-13,16-17,21,23,28-29H,3-5,8,10-11,14H2,1-2H3/t16-,17-,21-,23-/m0/s1. The van der Waals surface area contributed by atoms with Gasteiger partial charge in [0.05, 0.1) is 26.7 Å². The number of rotatable bonds is 2. The lowest BCUT2D eigenvalue weighted by Crippen LogP contribution is -2.49. The fourth-order valence-electron chi connectivity index (χ4n) is 5.76. The van der Waals surface area contributed by atoms with Crippen molar-refractivity contribution in [1.82, 2.24) is 4.90 Å². The molecule has 4 bridgehead atoms. The molecule has 2 aromatic carbocycles. The zero-order valence-corrected chi connectivity index (χ0v) is 19.1. The Labute approximate surface area is 193 Å². The molecule has 2 aromatic rings. The molecule has 0 radical (unpaired) electrons. The third kappa shape index (κ3) is 4.04. The fraction of sp³-hybridized carbons (Fsp3) is 0.500. The van der Waals surface area contributed by atoms with Gasteiger partial charge in [-0.05, 0) is 60.3 Å². The maximum Gasteiger partial charge on any atom is 0.309 e. The molecule has 0 saturated carbocycles. The van der Waals surface area contributed by atoms with Gasteiger partial charge in [-0.25, -0.2) is 0 Å². The van der Waals surface area contributed by atoms with E-state index in [1.165, 1.54) is 0 Å². The minimum absolute atomic E-state index is 0.00376. The summed E-state index contributed by atoms with van der Waals surface area (Å²) in [6.45, 7) is 0.981. The number of phenolic OH excluding ortho intramolecular Hbond substituents is 1. The molecule has 3 aliphatic rings. The van der Waals surface area contributed by atoms with Gasteiger partial charge < -0.3 is 24.4 Å². The second kappa shape index (κ2) is 8.88. The van der Waals surface area contributed by atoms with Crippen LogP contribution >= 0.6 is 0 Å². The minimum atomic E-state index is -1.01. The fourth-order valence-corrected chi connectivity index (χ4v) is 5.76. The van der Waals surface area contributed by atoms with Crippen LogP contribution in [0.2, 0.25) is 0 Å². The second-order valence-corrected chi connectivity index (χ2v) is 9.28. The first-order valence-electron chi connectivity index (χ1n) is 11.7. The summed E-state index contributed by atoms with van der Waals surface area (Å²) in [5.41, 5.74) is 3.00. The third-order valence-electron chi connectivity index (χ3n) is 7.36. The Morgan fingerprint density at radius 3 is 2.61 bits per heavy atom.